The second-order valence-electron chi connectivity index (χ2n) is 2.99. The molecule has 0 aliphatic carbocycles. The predicted molar refractivity (Wildman–Crippen MR) is 50.7 cm³/mol. The molecule has 0 aromatic heterocycles. The number of carbonyl (C=O) groups is 2. The summed E-state index contributed by atoms with van der Waals surface area (Å²) in [6.07, 6.45) is 0. The van der Waals surface area contributed by atoms with Crippen LogP contribution >= 0.6 is 0 Å². The van der Waals surface area contributed by atoms with Crippen molar-refractivity contribution in [1.29, 1.82) is 0 Å². The highest BCUT2D eigenvalue weighted by molar-refractivity contribution is 6.32. The second kappa shape index (κ2) is 7.32. The average Bonchev–Trinajstić information content (AvgIpc) is 2.15. The first-order valence-corrected chi connectivity index (χ1v) is 4.55. The van der Waals surface area contributed by atoms with Gasteiger partial charge in [-0.2, -0.15) is 0 Å². The van der Waals surface area contributed by atoms with E-state index in [1.54, 1.807) is 14.0 Å². The summed E-state index contributed by atoms with van der Waals surface area (Å²) < 4.78 is 9.39. The zero-order valence-electron chi connectivity index (χ0n) is 8.83. The van der Waals surface area contributed by atoms with Gasteiger partial charge in [-0.25, -0.2) is 4.79 Å². The Hall–Kier alpha value is -1.10. The van der Waals surface area contributed by atoms with Crippen LogP contribution in [0.25, 0.3) is 0 Å². The minimum Gasteiger partial charge on any atom is -0.459 e. The molecule has 0 aromatic carbocycles. The fourth-order valence-electron chi connectivity index (χ4n) is 0.879. The molecular formula is C9H17NO4. The molecule has 0 saturated carbocycles. The first-order chi connectivity index (χ1) is 6.61. The SMILES string of the molecule is CCOC(=O)C(=O)NCC(C)COC. The van der Waals surface area contributed by atoms with Gasteiger partial charge >= 0.3 is 11.9 Å². The van der Waals surface area contributed by atoms with Crippen molar-refractivity contribution >= 4 is 11.9 Å². The fourth-order valence-corrected chi connectivity index (χ4v) is 0.879. The lowest BCUT2D eigenvalue weighted by Crippen LogP contribution is -2.36. The Morgan fingerprint density at radius 3 is 2.57 bits per heavy atom. The van der Waals surface area contributed by atoms with E-state index in [9.17, 15) is 9.59 Å². The minimum atomic E-state index is -0.836. The number of esters is 1. The Kier molecular flexibility index (Phi) is 6.74. The lowest BCUT2D eigenvalue weighted by atomic mass is 10.2. The van der Waals surface area contributed by atoms with Crippen LogP contribution in [0.4, 0.5) is 0 Å². The highest BCUT2D eigenvalue weighted by atomic mass is 16.5. The van der Waals surface area contributed by atoms with Crippen molar-refractivity contribution in [3.8, 4) is 0 Å². The minimum absolute atomic E-state index is 0.179. The smallest absolute Gasteiger partial charge is 0.396 e. The number of methoxy groups -OCH3 is 1. The van der Waals surface area contributed by atoms with Crippen molar-refractivity contribution in [2.75, 3.05) is 26.9 Å². The third-order valence-electron chi connectivity index (χ3n) is 1.52. The largest absolute Gasteiger partial charge is 0.459 e. The van der Waals surface area contributed by atoms with E-state index in [1.807, 2.05) is 6.92 Å². The maximum Gasteiger partial charge on any atom is 0.396 e. The van der Waals surface area contributed by atoms with E-state index in [1.165, 1.54) is 0 Å². The Labute approximate surface area is 83.8 Å². The second-order valence-corrected chi connectivity index (χ2v) is 2.99. The molecule has 0 bridgehead atoms. The van der Waals surface area contributed by atoms with Gasteiger partial charge in [0.25, 0.3) is 0 Å². The topological polar surface area (TPSA) is 64.6 Å². The normalized spacial score (nSPS) is 11.9. The van der Waals surface area contributed by atoms with Gasteiger partial charge in [0.05, 0.1) is 13.2 Å². The highest BCUT2D eigenvalue weighted by Gasteiger charge is 2.14. The molecule has 14 heavy (non-hydrogen) atoms. The maximum atomic E-state index is 11.0. The van der Waals surface area contributed by atoms with E-state index < -0.39 is 11.9 Å². The molecule has 5 nitrogen and oxygen atoms in total. The summed E-state index contributed by atoms with van der Waals surface area (Å²) in [5.41, 5.74) is 0. The van der Waals surface area contributed by atoms with Crippen molar-refractivity contribution < 1.29 is 19.1 Å². The first-order valence-electron chi connectivity index (χ1n) is 4.55. The van der Waals surface area contributed by atoms with Crippen molar-refractivity contribution in [1.82, 2.24) is 5.32 Å². The van der Waals surface area contributed by atoms with Crippen LogP contribution in [0.1, 0.15) is 13.8 Å². The van der Waals surface area contributed by atoms with Gasteiger partial charge in [0.2, 0.25) is 0 Å². The maximum absolute atomic E-state index is 11.0. The van der Waals surface area contributed by atoms with Gasteiger partial charge in [-0.15, -0.1) is 0 Å². The van der Waals surface area contributed by atoms with Crippen LogP contribution in [0.3, 0.4) is 0 Å². The van der Waals surface area contributed by atoms with Gasteiger partial charge in [-0.05, 0) is 12.8 Å². The van der Waals surface area contributed by atoms with Crippen LogP contribution in [0.15, 0.2) is 0 Å². The summed E-state index contributed by atoms with van der Waals surface area (Å²) >= 11 is 0. The van der Waals surface area contributed by atoms with Gasteiger partial charge < -0.3 is 14.8 Å². The van der Waals surface area contributed by atoms with E-state index in [2.05, 4.69) is 10.1 Å². The van der Waals surface area contributed by atoms with Crippen molar-refractivity contribution in [2.24, 2.45) is 5.92 Å². The molecule has 0 spiro atoms. The molecule has 0 rings (SSSR count). The molecule has 0 aliphatic rings. The number of amides is 1. The van der Waals surface area contributed by atoms with Crippen LogP contribution in [0, 0.1) is 5.92 Å². The van der Waals surface area contributed by atoms with Crippen molar-refractivity contribution in [2.45, 2.75) is 13.8 Å². The Bertz CT molecular complexity index is 193. The standard InChI is InChI=1S/C9H17NO4/c1-4-14-9(12)8(11)10-5-7(2)6-13-3/h7H,4-6H2,1-3H3,(H,10,11). The molecule has 0 aromatic rings. The quantitative estimate of drug-likeness (QED) is 0.502. The van der Waals surface area contributed by atoms with E-state index in [-0.39, 0.29) is 12.5 Å². The average molecular weight is 203 g/mol. The Morgan fingerprint density at radius 2 is 2.07 bits per heavy atom. The van der Waals surface area contributed by atoms with Crippen LogP contribution < -0.4 is 5.32 Å². The third-order valence-corrected chi connectivity index (χ3v) is 1.52. The number of hydrogen-bond acceptors (Lipinski definition) is 4. The van der Waals surface area contributed by atoms with Crippen LogP contribution in [-0.2, 0) is 19.1 Å². The summed E-state index contributed by atoms with van der Waals surface area (Å²) in [5.74, 6) is -1.36. The Balaban J connectivity index is 3.67. The molecule has 0 fully saturated rings. The van der Waals surface area contributed by atoms with Crippen LogP contribution in [0.2, 0.25) is 0 Å². The summed E-state index contributed by atoms with van der Waals surface area (Å²) in [6, 6.07) is 0. The lowest BCUT2D eigenvalue weighted by Gasteiger charge is -2.10. The van der Waals surface area contributed by atoms with E-state index in [0.717, 1.165) is 0 Å². The molecule has 0 heterocycles. The molecule has 0 radical (unpaired) electrons. The predicted octanol–water partition coefficient (Wildman–Crippen LogP) is -0.0518. The number of carbonyl (C=O) groups excluding carboxylic acids is 2. The van der Waals surface area contributed by atoms with E-state index >= 15 is 0 Å². The number of hydrogen-bond donors (Lipinski definition) is 1. The molecule has 1 atom stereocenters. The molecule has 82 valence electrons. The number of rotatable bonds is 5. The summed E-state index contributed by atoms with van der Waals surface area (Å²) in [7, 11) is 1.59. The van der Waals surface area contributed by atoms with Gasteiger partial charge in [-0.1, -0.05) is 6.92 Å². The van der Waals surface area contributed by atoms with Gasteiger partial charge in [0.1, 0.15) is 0 Å². The Morgan fingerprint density at radius 1 is 1.43 bits per heavy atom. The van der Waals surface area contributed by atoms with E-state index in [0.29, 0.717) is 13.2 Å². The lowest BCUT2D eigenvalue weighted by molar-refractivity contribution is -0.154. The molecule has 0 saturated heterocycles. The van der Waals surface area contributed by atoms with Gasteiger partial charge in [0, 0.05) is 13.7 Å². The molecule has 1 unspecified atom stereocenters. The first kappa shape index (κ1) is 12.9. The van der Waals surface area contributed by atoms with Crippen molar-refractivity contribution in [3.63, 3.8) is 0 Å². The highest BCUT2D eigenvalue weighted by Crippen LogP contribution is 1.92. The molecule has 0 aliphatic heterocycles. The number of ether oxygens (including phenoxy) is 2. The third kappa shape index (κ3) is 5.53. The molecule has 5 heteroatoms. The van der Waals surface area contributed by atoms with Gasteiger partial charge in [0.15, 0.2) is 0 Å². The summed E-state index contributed by atoms with van der Waals surface area (Å²) in [5, 5.41) is 2.46. The molecule has 1 N–H and O–H groups in total. The summed E-state index contributed by atoms with van der Waals surface area (Å²) in [6.45, 7) is 4.72. The van der Waals surface area contributed by atoms with Gasteiger partial charge in [-0.3, -0.25) is 4.79 Å². The monoisotopic (exact) mass is 203 g/mol. The van der Waals surface area contributed by atoms with E-state index in [4.69, 9.17) is 4.74 Å². The molecular weight excluding hydrogens is 186 g/mol. The van der Waals surface area contributed by atoms with Crippen LogP contribution in [-0.4, -0.2) is 38.7 Å². The zero-order chi connectivity index (χ0) is 11.0. The number of nitrogens with one attached hydrogen (secondary N) is 1. The summed E-state index contributed by atoms with van der Waals surface area (Å²) in [4.78, 5) is 21.9. The zero-order valence-corrected chi connectivity index (χ0v) is 8.83. The molecule has 1 amide bonds. The fraction of sp³-hybridized carbons (Fsp3) is 0.778. The van der Waals surface area contributed by atoms with Crippen molar-refractivity contribution in [3.05, 3.63) is 0 Å². The van der Waals surface area contributed by atoms with Crippen LogP contribution in [0.5, 0.6) is 0 Å².